The molecule has 1 atom stereocenters. The number of carbonyl (C=O) groups excluding carboxylic acids is 2. The molecule has 0 bridgehead atoms. The fourth-order valence-electron chi connectivity index (χ4n) is 7.91. The third-order valence-corrected chi connectivity index (χ3v) is 11.9. The van der Waals surface area contributed by atoms with Crippen LogP contribution < -0.4 is 0 Å². The van der Waals surface area contributed by atoms with Crippen LogP contribution in [0.15, 0.2) is 0 Å². The van der Waals surface area contributed by atoms with Gasteiger partial charge < -0.3 is 14.6 Å². The number of carboxylic acids is 1. The van der Waals surface area contributed by atoms with Crippen LogP contribution >= 0.6 is 0 Å². The van der Waals surface area contributed by atoms with Gasteiger partial charge in [-0.1, -0.05) is 258 Å². The van der Waals surface area contributed by atoms with Gasteiger partial charge in [-0.15, -0.1) is 0 Å². The van der Waals surface area contributed by atoms with E-state index in [0.29, 0.717) is 13.0 Å². The van der Waals surface area contributed by atoms with Crippen molar-refractivity contribution >= 4 is 18.2 Å². The Labute approximate surface area is 357 Å². The molecule has 5 nitrogen and oxygen atoms in total. The maximum absolute atomic E-state index is 11.6. The van der Waals surface area contributed by atoms with Crippen LogP contribution in [0, 0.1) is 5.92 Å². The lowest BCUT2D eigenvalue weighted by atomic mass is 9.94. The van der Waals surface area contributed by atoms with E-state index in [0.717, 1.165) is 57.7 Å². The van der Waals surface area contributed by atoms with Crippen molar-refractivity contribution in [2.75, 3.05) is 6.61 Å². The van der Waals surface area contributed by atoms with Gasteiger partial charge in [0.1, 0.15) is 6.29 Å². The topological polar surface area (TPSA) is 80.7 Å². The molecular formula is C52H102O5. The van der Waals surface area contributed by atoms with Gasteiger partial charge in [0.15, 0.2) is 0 Å². The SMILES string of the molecule is CCCCCCC(CCCCCCCCCCCCCCCCCC=O)C(=O)O.CCCCCCCCCCCCCCCCCCOC(=O)CCCCCCC. The second-order valence-electron chi connectivity index (χ2n) is 17.6. The number of ether oxygens (including phenoxy) is 1. The standard InChI is InChI=1S/C26H50O3.C26H52O2/c1-2-3-4-19-22-25(26(28)29)23-20-17-15-13-11-9-7-5-6-8-10-12-14-16-18-21-24-27;1-3-5-7-9-10-11-12-13-14-15-16-17-18-19-21-23-25-28-26(27)24-22-20-8-6-4-2/h24-25H,2-23H2,1H3,(H,28,29);3-25H2,1-2H3. The van der Waals surface area contributed by atoms with Gasteiger partial charge in [-0.2, -0.15) is 0 Å². The molecule has 0 spiro atoms. The van der Waals surface area contributed by atoms with Crippen LogP contribution in [-0.4, -0.2) is 29.9 Å². The molecule has 0 aliphatic heterocycles. The van der Waals surface area contributed by atoms with E-state index in [1.807, 2.05) is 0 Å². The molecule has 0 aromatic heterocycles. The Kier molecular flexibility index (Phi) is 53.3. The minimum absolute atomic E-state index is 0.0115. The molecule has 0 saturated carbocycles. The average Bonchev–Trinajstić information content (AvgIpc) is 3.21. The number of hydrogen-bond acceptors (Lipinski definition) is 4. The van der Waals surface area contributed by atoms with Gasteiger partial charge >= 0.3 is 11.9 Å². The molecule has 0 amide bonds. The average molecular weight is 807 g/mol. The summed E-state index contributed by atoms with van der Waals surface area (Å²) >= 11 is 0. The zero-order valence-corrected chi connectivity index (χ0v) is 39.1. The molecule has 0 saturated heterocycles. The van der Waals surface area contributed by atoms with Gasteiger partial charge in [0.25, 0.3) is 0 Å². The Morgan fingerprint density at radius 3 is 1.02 bits per heavy atom. The molecule has 0 rings (SSSR count). The predicted octanol–water partition coefficient (Wildman–Crippen LogP) is 17.6. The van der Waals surface area contributed by atoms with Gasteiger partial charge in [0.2, 0.25) is 0 Å². The van der Waals surface area contributed by atoms with Crippen LogP contribution in [0.1, 0.15) is 303 Å². The van der Waals surface area contributed by atoms with Crippen LogP contribution in [0.25, 0.3) is 0 Å². The Bertz CT molecular complexity index is 782. The highest BCUT2D eigenvalue weighted by Crippen LogP contribution is 2.20. The van der Waals surface area contributed by atoms with Crippen LogP contribution in [0.5, 0.6) is 0 Å². The molecule has 0 aromatic rings. The largest absolute Gasteiger partial charge is 0.481 e. The summed E-state index contributed by atoms with van der Waals surface area (Å²) in [5.74, 6) is -0.681. The second kappa shape index (κ2) is 52.6. The molecule has 1 N–H and O–H groups in total. The molecule has 0 fully saturated rings. The van der Waals surface area contributed by atoms with E-state index < -0.39 is 5.97 Å². The zero-order valence-electron chi connectivity index (χ0n) is 39.1. The van der Waals surface area contributed by atoms with Crippen molar-refractivity contribution in [1.82, 2.24) is 0 Å². The van der Waals surface area contributed by atoms with Crippen LogP contribution in [0.4, 0.5) is 0 Å². The van der Waals surface area contributed by atoms with Crippen LogP contribution in [0.3, 0.4) is 0 Å². The third-order valence-electron chi connectivity index (χ3n) is 11.9. The first-order valence-electron chi connectivity index (χ1n) is 25.8. The van der Waals surface area contributed by atoms with E-state index in [-0.39, 0.29) is 11.9 Å². The van der Waals surface area contributed by atoms with Crippen molar-refractivity contribution in [3.63, 3.8) is 0 Å². The minimum Gasteiger partial charge on any atom is -0.481 e. The van der Waals surface area contributed by atoms with Crippen molar-refractivity contribution < 1.29 is 24.2 Å². The summed E-state index contributed by atoms with van der Waals surface area (Å²) < 4.78 is 5.33. The van der Waals surface area contributed by atoms with Crippen molar-refractivity contribution in [2.24, 2.45) is 5.92 Å². The number of aldehydes is 1. The maximum atomic E-state index is 11.6. The quantitative estimate of drug-likeness (QED) is 0.0376. The Morgan fingerprint density at radius 1 is 0.404 bits per heavy atom. The van der Waals surface area contributed by atoms with E-state index in [4.69, 9.17) is 4.74 Å². The number of esters is 1. The smallest absolute Gasteiger partial charge is 0.306 e. The van der Waals surface area contributed by atoms with Gasteiger partial charge in [-0.05, 0) is 32.1 Å². The van der Waals surface area contributed by atoms with E-state index in [9.17, 15) is 19.5 Å². The first-order chi connectivity index (χ1) is 28.0. The van der Waals surface area contributed by atoms with E-state index in [2.05, 4.69) is 20.8 Å². The predicted molar refractivity (Wildman–Crippen MR) is 248 cm³/mol. The molecule has 0 heterocycles. The molecular weight excluding hydrogens is 705 g/mol. The lowest BCUT2D eigenvalue weighted by Gasteiger charge is -2.12. The maximum Gasteiger partial charge on any atom is 0.306 e. The second-order valence-corrected chi connectivity index (χ2v) is 17.6. The molecule has 0 aliphatic rings. The highest BCUT2D eigenvalue weighted by Gasteiger charge is 2.16. The number of carboxylic acid groups (broad SMARTS) is 1. The number of rotatable bonds is 47. The molecule has 5 heteroatoms. The molecule has 1 unspecified atom stereocenters. The lowest BCUT2D eigenvalue weighted by Crippen LogP contribution is -2.13. The zero-order chi connectivity index (χ0) is 42.0. The van der Waals surface area contributed by atoms with Crippen molar-refractivity contribution in [3.8, 4) is 0 Å². The summed E-state index contributed by atoms with van der Waals surface area (Å²) in [4.78, 5) is 33.2. The Morgan fingerprint density at radius 2 is 0.684 bits per heavy atom. The number of unbranched alkanes of at least 4 members (excludes halogenated alkanes) is 37. The number of aliphatic carboxylic acids is 1. The van der Waals surface area contributed by atoms with Gasteiger partial charge in [0.05, 0.1) is 12.5 Å². The highest BCUT2D eigenvalue weighted by atomic mass is 16.5. The van der Waals surface area contributed by atoms with Crippen LogP contribution in [0.2, 0.25) is 0 Å². The van der Waals surface area contributed by atoms with Crippen molar-refractivity contribution in [3.05, 3.63) is 0 Å². The van der Waals surface area contributed by atoms with Gasteiger partial charge in [-0.25, -0.2) is 0 Å². The Hall–Kier alpha value is -1.39. The summed E-state index contributed by atoms with van der Waals surface area (Å²) in [7, 11) is 0. The van der Waals surface area contributed by atoms with Gasteiger partial charge in [-0.3, -0.25) is 9.59 Å². The summed E-state index contributed by atoms with van der Waals surface area (Å²) in [6.45, 7) is 7.32. The van der Waals surface area contributed by atoms with Crippen molar-refractivity contribution in [2.45, 2.75) is 303 Å². The van der Waals surface area contributed by atoms with E-state index >= 15 is 0 Å². The molecule has 0 aromatic carbocycles. The summed E-state index contributed by atoms with van der Waals surface area (Å²) in [5, 5.41) is 9.35. The fraction of sp³-hybridized carbons (Fsp3) is 0.942. The van der Waals surface area contributed by atoms with E-state index in [1.54, 1.807) is 0 Å². The number of hydrogen-bond donors (Lipinski definition) is 1. The summed E-state index contributed by atoms with van der Waals surface area (Å²) in [6.07, 6.45) is 56.1. The lowest BCUT2D eigenvalue weighted by molar-refractivity contribution is -0.144. The minimum atomic E-state index is -0.584. The molecule has 57 heavy (non-hydrogen) atoms. The monoisotopic (exact) mass is 807 g/mol. The summed E-state index contributed by atoms with van der Waals surface area (Å²) in [5.41, 5.74) is 0. The Balaban J connectivity index is 0. The fourth-order valence-corrected chi connectivity index (χ4v) is 7.91. The van der Waals surface area contributed by atoms with Crippen LogP contribution in [-0.2, 0) is 19.1 Å². The number of carbonyl (C=O) groups is 3. The normalized spacial score (nSPS) is 11.6. The molecule has 340 valence electrons. The first kappa shape index (κ1) is 57.7. The molecule has 0 aliphatic carbocycles. The van der Waals surface area contributed by atoms with Gasteiger partial charge in [0, 0.05) is 12.8 Å². The third kappa shape index (κ3) is 52.6. The van der Waals surface area contributed by atoms with E-state index in [1.165, 1.54) is 225 Å². The first-order valence-corrected chi connectivity index (χ1v) is 25.8. The summed E-state index contributed by atoms with van der Waals surface area (Å²) in [6, 6.07) is 0. The highest BCUT2D eigenvalue weighted by molar-refractivity contribution is 5.70. The van der Waals surface area contributed by atoms with Crippen molar-refractivity contribution in [1.29, 1.82) is 0 Å². The molecule has 0 radical (unpaired) electrons.